The van der Waals surface area contributed by atoms with E-state index in [1.807, 2.05) is 25.1 Å². The molecule has 0 spiro atoms. The first kappa shape index (κ1) is 8.05. The van der Waals surface area contributed by atoms with Crippen LogP contribution < -0.4 is 5.63 Å². The molecule has 2 heteroatoms. The van der Waals surface area contributed by atoms with Crippen molar-refractivity contribution in [3.05, 3.63) is 46.5 Å². The molecule has 0 radical (unpaired) electrons. The lowest BCUT2D eigenvalue weighted by Gasteiger charge is -2.00. The van der Waals surface area contributed by atoms with Crippen LogP contribution in [0.3, 0.4) is 0 Å². The van der Waals surface area contributed by atoms with Crippen molar-refractivity contribution in [1.82, 2.24) is 0 Å². The van der Waals surface area contributed by atoms with Gasteiger partial charge in [-0.3, -0.25) is 0 Å². The first-order valence-electron chi connectivity index (χ1n) is 4.32. The monoisotopic (exact) mass is 174 g/mol. The molecule has 0 N–H and O–H groups in total. The maximum atomic E-state index is 11.3. The van der Waals surface area contributed by atoms with Crippen LogP contribution in [0.4, 0.5) is 0 Å². The minimum atomic E-state index is -0.257. The molecule has 0 aliphatic rings. The van der Waals surface area contributed by atoms with Crippen molar-refractivity contribution >= 4 is 10.8 Å². The van der Waals surface area contributed by atoms with E-state index in [1.54, 1.807) is 12.3 Å². The number of fused-ring (bicyclic) bond motifs is 1. The SMILES string of the molecule is CCc1coc(=O)c2ccccc12. The van der Waals surface area contributed by atoms with Gasteiger partial charge in [0.1, 0.15) is 0 Å². The molecule has 2 nitrogen and oxygen atoms in total. The Morgan fingerprint density at radius 2 is 1.92 bits per heavy atom. The van der Waals surface area contributed by atoms with Gasteiger partial charge in [-0.15, -0.1) is 0 Å². The molecule has 66 valence electrons. The molecule has 0 bridgehead atoms. The predicted molar refractivity (Wildman–Crippen MR) is 51.9 cm³/mol. The summed E-state index contributed by atoms with van der Waals surface area (Å²) in [5.41, 5.74) is 0.822. The summed E-state index contributed by atoms with van der Waals surface area (Å²) >= 11 is 0. The molecule has 0 amide bonds. The summed E-state index contributed by atoms with van der Waals surface area (Å²) in [6.45, 7) is 2.04. The first-order valence-corrected chi connectivity index (χ1v) is 4.32. The maximum Gasteiger partial charge on any atom is 0.343 e. The van der Waals surface area contributed by atoms with Crippen molar-refractivity contribution in [3.63, 3.8) is 0 Å². The van der Waals surface area contributed by atoms with Crippen molar-refractivity contribution in [2.75, 3.05) is 0 Å². The zero-order chi connectivity index (χ0) is 9.26. The summed E-state index contributed by atoms with van der Waals surface area (Å²) < 4.78 is 4.91. The highest BCUT2D eigenvalue weighted by Gasteiger charge is 2.02. The third kappa shape index (κ3) is 1.24. The van der Waals surface area contributed by atoms with Gasteiger partial charge in [-0.05, 0) is 23.4 Å². The largest absolute Gasteiger partial charge is 0.431 e. The van der Waals surface area contributed by atoms with Gasteiger partial charge in [0.05, 0.1) is 11.6 Å². The smallest absolute Gasteiger partial charge is 0.343 e. The van der Waals surface area contributed by atoms with E-state index in [0.29, 0.717) is 5.39 Å². The fourth-order valence-corrected chi connectivity index (χ4v) is 1.47. The second-order valence-electron chi connectivity index (χ2n) is 2.95. The van der Waals surface area contributed by atoms with Gasteiger partial charge in [-0.25, -0.2) is 4.79 Å². The summed E-state index contributed by atoms with van der Waals surface area (Å²) in [5, 5.41) is 1.67. The van der Waals surface area contributed by atoms with Crippen LogP contribution in [-0.2, 0) is 6.42 Å². The Hall–Kier alpha value is -1.57. The van der Waals surface area contributed by atoms with Crippen LogP contribution >= 0.6 is 0 Å². The van der Waals surface area contributed by atoms with Gasteiger partial charge in [0.15, 0.2) is 0 Å². The summed E-state index contributed by atoms with van der Waals surface area (Å²) in [7, 11) is 0. The molecule has 0 aliphatic heterocycles. The highest BCUT2D eigenvalue weighted by Crippen LogP contribution is 2.14. The van der Waals surface area contributed by atoms with Gasteiger partial charge < -0.3 is 4.42 Å². The van der Waals surface area contributed by atoms with Gasteiger partial charge in [-0.2, -0.15) is 0 Å². The van der Waals surface area contributed by atoms with E-state index in [1.165, 1.54) is 0 Å². The van der Waals surface area contributed by atoms with Crippen molar-refractivity contribution in [2.24, 2.45) is 0 Å². The standard InChI is InChI=1S/C11H10O2/c1-2-8-7-13-11(12)10-6-4-3-5-9(8)10/h3-7H,2H2,1H3. The average Bonchev–Trinajstić information content (AvgIpc) is 2.19. The zero-order valence-corrected chi connectivity index (χ0v) is 7.41. The van der Waals surface area contributed by atoms with E-state index in [4.69, 9.17) is 4.42 Å². The first-order chi connectivity index (χ1) is 6.33. The van der Waals surface area contributed by atoms with Crippen molar-refractivity contribution in [2.45, 2.75) is 13.3 Å². The highest BCUT2D eigenvalue weighted by molar-refractivity contribution is 5.83. The lowest BCUT2D eigenvalue weighted by Crippen LogP contribution is -2.00. The van der Waals surface area contributed by atoms with Crippen molar-refractivity contribution in [3.8, 4) is 0 Å². The predicted octanol–water partition coefficient (Wildman–Crippen LogP) is 2.36. The Bertz CT molecular complexity index is 483. The third-order valence-corrected chi connectivity index (χ3v) is 2.18. The Morgan fingerprint density at radius 1 is 1.23 bits per heavy atom. The van der Waals surface area contributed by atoms with E-state index >= 15 is 0 Å². The second kappa shape index (κ2) is 3.05. The zero-order valence-electron chi connectivity index (χ0n) is 7.41. The van der Waals surface area contributed by atoms with Gasteiger partial charge in [-0.1, -0.05) is 25.1 Å². The van der Waals surface area contributed by atoms with Gasteiger partial charge >= 0.3 is 5.63 Å². The van der Waals surface area contributed by atoms with Crippen molar-refractivity contribution in [1.29, 1.82) is 0 Å². The van der Waals surface area contributed by atoms with Gasteiger partial charge in [0.2, 0.25) is 0 Å². The molecule has 2 aromatic rings. The summed E-state index contributed by atoms with van der Waals surface area (Å²) in [4.78, 5) is 11.3. The topological polar surface area (TPSA) is 30.2 Å². The van der Waals surface area contributed by atoms with E-state index in [2.05, 4.69) is 0 Å². The number of hydrogen-bond acceptors (Lipinski definition) is 2. The molecule has 0 unspecified atom stereocenters. The molecule has 2 rings (SSSR count). The molecule has 13 heavy (non-hydrogen) atoms. The fourth-order valence-electron chi connectivity index (χ4n) is 1.47. The molecular weight excluding hydrogens is 164 g/mol. The maximum absolute atomic E-state index is 11.3. The number of aryl methyl sites for hydroxylation is 1. The van der Waals surface area contributed by atoms with Gasteiger partial charge in [0, 0.05) is 0 Å². The Labute approximate surface area is 75.8 Å². The van der Waals surface area contributed by atoms with E-state index in [9.17, 15) is 4.79 Å². The minimum absolute atomic E-state index is 0.257. The second-order valence-corrected chi connectivity index (χ2v) is 2.95. The Balaban J connectivity index is 2.93. The normalized spacial score (nSPS) is 10.5. The van der Waals surface area contributed by atoms with Crippen LogP contribution in [0.25, 0.3) is 10.8 Å². The van der Waals surface area contributed by atoms with E-state index in [-0.39, 0.29) is 5.63 Å². The van der Waals surface area contributed by atoms with Crippen LogP contribution in [0.15, 0.2) is 39.7 Å². The van der Waals surface area contributed by atoms with Crippen LogP contribution in [-0.4, -0.2) is 0 Å². The summed E-state index contributed by atoms with van der Waals surface area (Å²) in [6.07, 6.45) is 2.43. The number of benzene rings is 1. The minimum Gasteiger partial charge on any atom is -0.431 e. The molecule has 0 saturated carbocycles. The highest BCUT2D eigenvalue weighted by atomic mass is 16.4. The van der Waals surface area contributed by atoms with E-state index in [0.717, 1.165) is 17.4 Å². The number of rotatable bonds is 1. The molecular formula is C11H10O2. The molecule has 1 aromatic carbocycles. The Kier molecular flexibility index (Phi) is 1.89. The molecule has 1 heterocycles. The quantitative estimate of drug-likeness (QED) is 0.664. The Morgan fingerprint density at radius 3 is 2.62 bits per heavy atom. The fraction of sp³-hybridized carbons (Fsp3) is 0.182. The average molecular weight is 174 g/mol. The lowest BCUT2D eigenvalue weighted by atomic mass is 10.1. The molecule has 0 saturated heterocycles. The molecule has 0 aliphatic carbocycles. The van der Waals surface area contributed by atoms with Crippen LogP contribution in [0.5, 0.6) is 0 Å². The lowest BCUT2D eigenvalue weighted by molar-refractivity contribution is 0.514. The van der Waals surface area contributed by atoms with E-state index < -0.39 is 0 Å². The molecule has 0 atom stereocenters. The third-order valence-electron chi connectivity index (χ3n) is 2.18. The molecule has 0 fully saturated rings. The van der Waals surface area contributed by atoms with Crippen LogP contribution in [0, 0.1) is 0 Å². The summed E-state index contributed by atoms with van der Waals surface area (Å²) in [5.74, 6) is 0. The van der Waals surface area contributed by atoms with Crippen LogP contribution in [0.1, 0.15) is 12.5 Å². The van der Waals surface area contributed by atoms with Crippen molar-refractivity contribution < 1.29 is 4.42 Å². The summed E-state index contributed by atoms with van der Waals surface area (Å²) in [6, 6.07) is 7.52. The number of hydrogen-bond donors (Lipinski definition) is 0. The molecule has 1 aromatic heterocycles. The van der Waals surface area contributed by atoms with Crippen LogP contribution in [0.2, 0.25) is 0 Å². The van der Waals surface area contributed by atoms with Gasteiger partial charge in [0.25, 0.3) is 0 Å².